The number of aliphatic hydroxyl groups is 3. The number of unbranched alkanes of at least 4 members (excludes halogenated alkanes) is 12. The summed E-state index contributed by atoms with van der Waals surface area (Å²) in [7, 11) is -4.61. The number of hydrogen-bond acceptors (Lipinski definition) is 10. The Hall–Kier alpha value is -0.990. The molecule has 0 aromatic carbocycles. The lowest BCUT2D eigenvalue weighted by atomic mass is 9.96. The summed E-state index contributed by atoms with van der Waals surface area (Å²) in [5, 5.41) is 31.7. The zero-order valence-electron chi connectivity index (χ0n) is 25.1. The first kappa shape index (κ1) is 37.2. The molecule has 2 rings (SSSR count). The van der Waals surface area contributed by atoms with E-state index >= 15 is 0 Å². The Bertz CT molecular complexity index is 1070. The molecule has 2 unspecified atom stereocenters. The number of nitrogens with two attached hydrogens (primary N) is 1. The number of phosphoric ester groups is 1. The van der Waals surface area contributed by atoms with E-state index in [-0.39, 0.29) is 4.77 Å². The van der Waals surface area contributed by atoms with Crippen LogP contribution in [0.5, 0.6) is 0 Å². The average molecular weight is 638 g/mol. The molecule has 0 saturated carbocycles. The molecule has 1 saturated heterocycles. The van der Waals surface area contributed by atoms with Crippen molar-refractivity contribution in [1.29, 1.82) is 0 Å². The van der Waals surface area contributed by atoms with Gasteiger partial charge < -0.3 is 30.7 Å². The van der Waals surface area contributed by atoms with Gasteiger partial charge in [0.05, 0.1) is 25.4 Å². The molecular weight excluding hydrogens is 585 g/mol. The number of aromatic amines is 1. The van der Waals surface area contributed by atoms with Crippen molar-refractivity contribution in [2.75, 3.05) is 13.2 Å². The first-order valence-corrected chi connectivity index (χ1v) is 17.2. The Morgan fingerprint density at radius 1 is 1.10 bits per heavy atom. The topological polar surface area (TPSA) is 189 Å². The van der Waals surface area contributed by atoms with Gasteiger partial charge in [-0.25, -0.2) is 4.57 Å². The lowest BCUT2D eigenvalue weighted by Gasteiger charge is -2.28. The van der Waals surface area contributed by atoms with Crippen LogP contribution < -0.4 is 11.3 Å². The molecule has 0 spiro atoms. The SMILES string of the molecule is CCCCCCCCCCCCCCC[C@@H](O)[C@@H](N)COP(=O)(O)OC[C@H]1O[C@@H](n2ccc(=O)[nH]c2=S)C(C)(O)[C@H]1O. The van der Waals surface area contributed by atoms with Gasteiger partial charge in [-0.3, -0.25) is 23.4 Å². The Morgan fingerprint density at radius 3 is 2.19 bits per heavy atom. The fourth-order valence-corrected chi connectivity index (χ4v) is 6.10. The minimum atomic E-state index is -4.61. The van der Waals surface area contributed by atoms with Gasteiger partial charge in [-0.05, 0) is 25.6 Å². The van der Waals surface area contributed by atoms with Crippen molar-refractivity contribution >= 4 is 20.0 Å². The highest BCUT2D eigenvalue weighted by molar-refractivity contribution is 7.71. The molecule has 2 heterocycles. The summed E-state index contributed by atoms with van der Waals surface area (Å²) in [6.07, 6.45) is 12.9. The number of ether oxygens (including phenoxy) is 1. The Kier molecular flexibility index (Phi) is 16.6. The number of aliphatic hydroxyl groups excluding tert-OH is 2. The first-order valence-electron chi connectivity index (χ1n) is 15.3. The molecule has 42 heavy (non-hydrogen) atoms. The monoisotopic (exact) mass is 637 g/mol. The summed E-state index contributed by atoms with van der Waals surface area (Å²) in [5.41, 5.74) is 3.66. The van der Waals surface area contributed by atoms with Crippen LogP contribution >= 0.6 is 20.0 Å². The summed E-state index contributed by atoms with van der Waals surface area (Å²) < 4.78 is 29.2. The highest BCUT2D eigenvalue weighted by atomic mass is 32.1. The highest BCUT2D eigenvalue weighted by Crippen LogP contribution is 2.45. The van der Waals surface area contributed by atoms with Crippen LogP contribution in [-0.4, -0.2) is 72.9 Å². The average Bonchev–Trinajstić information content (AvgIpc) is 3.16. The molecule has 14 heteroatoms. The van der Waals surface area contributed by atoms with Crippen LogP contribution in [0.3, 0.4) is 0 Å². The van der Waals surface area contributed by atoms with Crippen LogP contribution in [-0.2, 0) is 18.3 Å². The third-order valence-corrected chi connectivity index (χ3v) is 9.05. The summed E-state index contributed by atoms with van der Waals surface area (Å²) in [6, 6.07) is 0.296. The summed E-state index contributed by atoms with van der Waals surface area (Å²) in [4.78, 5) is 23.9. The molecule has 0 radical (unpaired) electrons. The fraction of sp³-hybridized carbons (Fsp3) is 0.857. The van der Waals surface area contributed by atoms with Crippen molar-refractivity contribution in [3.05, 3.63) is 27.4 Å². The van der Waals surface area contributed by atoms with E-state index in [1.807, 2.05) is 0 Å². The van der Waals surface area contributed by atoms with Crippen LogP contribution in [0.15, 0.2) is 17.1 Å². The van der Waals surface area contributed by atoms with Crippen LogP contribution in [0.25, 0.3) is 0 Å². The van der Waals surface area contributed by atoms with E-state index in [9.17, 15) is 29.6 Å². The number of H-pyrrole nitrogens is 1. The van der Waals surface area contributed by atoms with Crippen LogP contribution in [0.2, 0.25) is 0 Å². The van der Waals surface area contributed by atoms with E-state index in [4.69, 9.17) is 31.7 Å². The smallest absolute Gasteiger partial charge is 0.391 e. The van der Waals surface area contributed by atoms with Gasteiger partial charge in [0.15, 0.2) is 11.0 Å². The summed E-state index contributed by atoms with van der Waals surface area (Å²) >= 11 is 5.10. The predicted octanol–water partition coefficient (Wildman–Crippen LogP) is 4.22. The van der Waals surface area contributed by atoms with E-state index in [2.05, 4.69) is 11.9 Å². The van der Waals surface area contributed by atoms with E-state index in [0.29, 0.717) is 6.42 Å². The van der Waals surface area contributed by atoms with E-state index < -0.39 is 62.8 Å². The van der Waals surface area contributed by atoms with Gasteiger partial charge in [0.2, 0.25) is 0 Å². The second kappa shape index (κ2) is 18.7. The second-order valence-electron chi connectivity index (χ2n) is 11.5. The Labute approximate surface area is 254 Å². The van der Waals surface area contributed by atoms with Gasteiger partial charge in [0, 0.05) is 12.3 Å². The van der Waals surface area contributed by atoms with Gasteiger partial charge in [0.1, 0.15) is 17.8 Å². The van der Waals surface area contributed by atoms with Gasteiger partial charge in [0.25, 0.3) is 5.56 Å². The zero-order valence-corrected chi connectivity index (χ0v) is 26.8. The molecule has 1 aromatic rings. The van der Waals surface area contributed by atoms with E-state index in [1.165, 1.54) is 88.0 Å². The number of nitrogens with zero attached hydrogens (tertiary/aromatic N) is 1. The number of rotatable bonds is 22. The molecule has 0 aliphatic carbocycles. The molecule has 0 bridgehead atoms. The molecule has 0 amide bonds. The van der Waals surface area contributed by atoms with Crippen LogP contribution in [0, 0.1) is 4.77 Å². The second-order valence-corrected chi connectivity index (χ2v) is 13.4. The molecule has 7 atom stereocenters. The van der Waals surface area contributed by atoms with Gasteiger partial charge >= 0.3 is 7.82 Å². The number of phosphoric acid groups is 1. The first-order chi connectivity index (χ1) is 19.9. The Balaban J connectivity index is 1.62. The maximum Gasteiger partial charge on any atom is 0.472 e. The lowest BCUT2D eigenvalue weighted by Crippen LogP contribution is -2.44. The minimum Gasteiger partial charge on any atom is -0.391 e. The quantitative estimate of drug-likeness (QED) is 0.0607. The van der Waals surface area contributed by atoms with Gasteiger partial charge in [-0.1, -0.05) is 90.4 Å². The predicted molar refractivity (Wildman–Crippen MR) is 162 cm³/mol. The molecule has 7 N–H and O–H groups in total. The third kappa shape index (κ3) is 12.6. The maximum absolute atomic E-state index is 12.4. The third-order valence-electron chi connectivity index (χ3n) is 7.79. The molecule has 12 nitrogen and oxygen atoms in total. The number of hydrogen-bond donors (Lipinski definition) is 6. The van der Waals surface area contributed by atoms with Crippen molar-refractivity contribution < 1.29 is 38.6 Å². The Morgan fingerprint density at radius 2 is 1.64 bits per heavy atom. The number of aromatic nitrogens is 2. The van der Waals surface area contributed by atoms with Crippen molar-refractivity contribution in [2.24, 2.45) is 5.73 Å². The minimum absolute atomic E-state index is 0.0379. The van der Waals surface area contributed by atoms with E-state index in [0.717, 1.165) is 19.3 Å². The lowest BCUT2D eigenvalue weighted by molar-refractivity contribution is -0.0978. The maximum atomic E-state index is 12.4. The standard InChI is InChI=1S/C28H52N3O9PS/c1-3-4-5-6-7-8-9-10-11-12-13-14-15-16-22(32)21(29)19-38-41(36,37)39-20-23-25(34)28(2,35)26(40-23)31-18-17-24(33)30-27(31)42/h17-18,21-23,25-26,32,34-35H,3-16,19-20,29H2,1-2H3,(H,36,37)(H,30,33,42)/t21-,22+,23+,25-,26+,28?/m0/s1. The van der Waals surface area contributed by atoms with Crippen molar-refractivity contribution in [1.82, 2.24) is 9.55 Å². The molecule has 1 aliphatic rings. The molecule has 1 aromatic heterocycles. The summed E-state index contributed by atoms with van der Waals surface area (Å²) in [6.45, 7) is 2.55. The van der Waals surface area contributed by atoms with E-state index in [1.54, 1.807) is 0 Å². The fourth-order valence-electron chi connectivity index (χ4n) is 5.07. The number of nitrogens with one attached hydrogen (secondary N) is 1. The largest absolute Gasteiger partial charge is 0.472 e. The molecule has 1 fully saturated rings. The highest BCUT2D eigenvalue weighted by Gasteiger charge is 2.53. The molecule has 244 valence electrons. The zero-order chi connectivity index (χ0) is 31.2. The van der Waals surface area contributed by atoms with Crippen molar-refractivity contribution in [3.63, 3.8) is 0 Å². The van der Waals surface area contributed by atoms with Crippen LogP contribution in [0.4, 0.5) is 0 Å². The van der Waals surface area contributed by atoms with Gasteiger partial charge in [-0.15, -0.1) is 0 Å². The van der Waals surface area contributed by atoms with Crippen molar-refractivity contribution in [2.45, 2.75) is 140 Å². The summed E-state index contributed by atoms with van der Waals surface area (Å²) in [5.74, 6) is 0. The van der Waals surface area contributed by atoms with Crippen molar-refractivity contribution in [3.8, 4) is 0 Å². The molecule has 1 aliphatic heterocycles. The molecular formula is C28H52N3O9PS. The van der Waals surface area contributed by atoms with Gasteiger partial charge in [-0.2, -0.15) is 0 Å². The normalized spacial score (nSPS) is 25.4. The van der Waals surface area contributed by atoms with Crippen LogP contribution in [0.1, 0.15) is 110 Å².